The monoisotopic (exact) mass is 187 g/mol. The van der Waals surface area contributed by atoms with Crippen molar-refractivity contribution in [2.45, 2.75) is 13.5 Å². The average Bonchev–Trinajstić information content (AvgIpc) is 2.65. The summed E-state index contributed by atoms with van der Waals surface area (Å²) in [5.74, 6) is 0.908. The van der Waals surface area contributed by atoms with Crippen molar-refractivity contribution in [3.63, 3.8) is 0 Å². The second kappa shape index (κ2) is 3.64. The van der Waals surface area contributed by atoms with E-state index in [1.54, 1.807) is 0 Å². The van der Waals surface area contributed by atoms with E-state index in [1.807, 2.05) is 37.4 Å². The summed E-state index contributed by atoms with van der Waals surface area (Å²) < 4.78 is 0. The highest BCUT2D eigenvalue weighted by molar-refractivity contribution is 5.55. The molecule has 3 heteroatoms. The summed E-state index contributed by atoms with van der Waals surface area (Å²) >= 11 is 0. The largest absolute Gasteiger partial charge is 0.342 e. The maximum Gasteiger partial charge on any atom is 0.137 e. The van der Waals surface area contributed by atoms with Crippen LogP contribution in [0.2, 0.25) is 0 Å². The van der Waals surface area contributed by atoms with Crippen LogP contribution in [0.25, 0.3) is 11.4 Å². The first kappa shape index (κ1) is 8.97. The van der Waals surface area contributed by atoms with Crippen LogP contribution in [-0.4, -0.2) is 9.97 Å². The fraction of sp³-hybridized carbons (Fsp3) is 0.182. The molecule has 0 radical (unpaired) electrons. The van der Waals surface area contributed by atoms with E-state index in [-0.39, 0.29) is 0 Å². The van der Waals surface area contributed by atoms with Crippen molar-refractivity contribution < 1.29 is 0 Å². The van der Waals surface area contributed by atoms with E-state index in [0.29, 0.717) is 6.54 Å². The van der Waals surface area contributed by atoms with Gasteiger partial charge in [0, 0.05) is 24.0 Å². The molecule has 0 aliphatic heterocycles. The first-order valence-corrected chi connectivity index (χ1v) is 4.60. The zero-order valence-electron chi connectivity index (χ0n) is 8.12. The maximum atomic E-state index is 5.52. The van der Waals surface area contributed by atoms with Gasteiger partial charge in [-0.15, -0.1) is 0 Å². The number of hydrogen-bond donors (Lipinski definition) is 2. The molecule has 0 unspecified atom stereocenters. The van der Waals surface area contributed by atoms with Gasteiger partial charge in [0.15, 0.2) is 0 Å². The van der Waals surface area contributed by atoms with E-state index in [4.69, 9.17) is 5.73 Å². The fourth-order valence-corrected chi connectivity index (χ4v) is 1.36. The van der Waals surface area contributed by atoms with Crippen LogP contribution in [-0.2, 0) is 6.54 Å². The van der Waals surface area contributed by atoms with Gasteiger partial charge in [-0.25, -0.2) is 4.98 Å². The first-order valence-electron chi connectivity index (χ1n) is 4.60. The van der Waals surface area contributed by atoms with E-state index >= 15 is 0 Å². The molecule has 1 heterocycles. The molecule has 0 atom stereocenters. The third-order valence-electron chi connectivity index (χ3n) is 2.17. The summed E-state index contributed by atoms with van der Waals surface area (Å²) in [4.78, 5) is 7.44. The normalized spacial score (nSPS) is 10.4. The summed E-state index contributed by atoms with van der Waals surface area (Å²) in [6.45, 7) is 2.57. The molecule has 3 nitrogen and oxygen atoms in total. The Bertz CT molecular complexity index is 414. The first-order chi connectivity index (χ1) is 6.79. The molecule has 0 spiro atoms. The fourth-order valence-electron chi connectivity index (χ4n) is 1.36. The summed E-state index contributed by atoms with van der Waals surface area (Å²) in [7, 11) is 0. The lowest BCUT2D eigenvalue weighted by Crippen LogP contribution is -1.95. The third-order valence-corrected chi connectivity index (χ3v) is 2.17. The molecule has 0 fully saturated rings. The van der Waals surface area contributed by atoms with Crippen LogP contribution in [0, 0.1) is 6.92 Å². The van der Waals surface area contributed by atoms with Crippen LogP contribution >= 0.6 is 0 Å². The molecule has 0 aliphatic carbocycles. The van der Waals surface area contributed by atoms with Crippen molar-refractivity contribution in [3.05, 3.63) is 41.7 Å². The highest BCUT2D eigenvalue weighted by Gasteiger charge is 2.00. The third kappa shape index (κ3) is 1.67. The second-order valence-corrected chi connectivity index (χ2v) is 3.32. The van der Waals surface area contributed by atoms with Gasteiger partial charge in [-0.2, -0.15) is 0 Å². The van der Waals surface area contributed by atoms with E-state index in [0.717, 1.165) is 22.6 Å². The molecule has 0 amide bonds. The molecule has 14 heavy (non-hydrogen) atoms. The van der Waals surface area contributed by atoms with E-state index in [9.17, 15) is 0 Å². The Morgan fingerprint density at radius 1 is 1.29 bits per heavy atom. The van der Waals surface area contributed by atoms with Gasteiger partial charge in [0.25, 0.3) is 0 Å². The number of aromatic nitrogens is 2. The lowest BCUT2D eigenvalue weighted by Gasteiger charge is -1.98. The minimum absolute atomic E-state index is 0.581. The molecule has 2 rings (SSSR count). The Morgan fingerprint density at radius 3 is 2.50 bits per heavy atom. The number of aryl methyl sites for hydroxylation is 1. The van der Waals surface area contributed by atoms with Gasteiger partial charge in [0.05, 0.1) is 0 Å². The van der Waals surface area contributed by atoms with Crippen molar-refractivity contribution in [2.24, 2.45) is 5.73 Å². The molecular weight excluding hydrogens is 174 g/mol. The van der Waals surface area contributed by atoms with Gasteiger partial charge in [0.2, 0.25) is 0 Å². The number of nitrogens with one attached hydrogen (secondary N) is 1. The number of rotatable bonds is 2. The SMILES string of the molecule is Cc1cnc(-c2ccc(CN)cc2)[nH]1. The molecule has 0 saturated heterocycles. The van der Waals surface area contributed by atoms with E-state index in [1.165, 1.54) is 0 Å². The van der Waals surface area contributed by atoms with Crippen LogP contribution in [0.3, 0.4) is 0 Å². The zero-order valence-corrected chi connectivity index (χ0v) is 8.12. The van der Waals surface area contributed by atoms with Crippen LogP contribution in [0.15, 0.2) is 30.5 Å². The number of imidazole rings is 1. The van der Waals surface area contributed by atoms with Gasteiger partial charge in [-0.1, -0.05) is 24.3 Å². The highest BCUT2D eigenvalue weighted by Crippen LogP contribution is 2.15. The number of nitrogens with two attached hydrogens (primary N) is 1. The maximum absolute atomic E-state index is 5.52. The molecule has 0 aliphatic rings. The number of hydrogen-bond acceptors (Lipinski definition) is 2. The van der Waals surface area contributed by atoms with Gasteiger partial charge >= 0.3 is 0 Å². The molecule has 0 bridgehead atoms. The summed E-state index contributed by atoms with van der Waals surface area (Å²) in [5.41, 5.74) is 8.82. The number of aromatic amines is 1. The second-order valence-electron chi connectivity index (χ2n) is 3.32. The molecular formula is C11H13N3. The van der Waals surface area contributed by atoms with E-state index in [2.05, 4.69) is 9.97 Å². The van der Waals surface area contributed by atoms with Crippen LogP contribution < -0.4 is 5.73 Å². The van der Waals surface area contributed by atoms with Gasteiger partial charge < -0.3 is 10.7 Å². The standard InChI is InChI=1S/C11H13N3/c1-8-7-13-11(14-8)10-4-2-9(6-12)3-5-10/h2-5,7H,6,12H2,1H3,(H,13,14). The quantitative estimate of drug-likeness (QED) is 0.753. The summed E-state index contributed by atoms with van der Waals surface area (Å²) in [6.07, 6.45) is 1.83. The topological polar surface area (TPSA) is 54.7 Å². The smallest absolute Gasteiger partial charge is 0.137 e. The Balaban J connectivity index is 2.33. The van der Waals surface area contributed by atoms with Crippen molar-refractivity contribution in [1.82, 2.24) is 9.97 Å². The summed E-state index contributed by atoms with van der Waals surface area (Å²) in [5, 5.41) is 0. The molecule has 2 aromatic rings. The Labute approximate surface area is 83.0 Å². The zero-order chi connectivity index (χ0) is 9.97. The number of H-pyrrole nitrogens is 1. The van der Waals surface area contributed by atoms with Crippen LogP contribution in [0.1, 0.15) is 11.3 Å². The predicted molar refractivity (Wildman–Crippen MR) is 56.7 cm³/mol. The van der Waals surface area contributed by atoms with Crippen molar-refractivity contribution in [2.75, 3.05) is 0 Å². The summed E-state index contributed by atoms with van der Waals surface area (Å²) in [6, 6.07) is 8.10. The van der Waals surface area contributed by atoms with Crippen LogP contribution in [0.4, 0.5) is 0 Å². The van der Waals surface area contributed by atoms with Crippen molar-refractivity contribution in [3.8, 4) is 11.4 Å². The molecule has 1 aromatic heterocycles. The number of benzene rings is 1. The van der Waals surface area contributed by atoms with Crippen LogP contribution in [0.5, 0.6) is 0 Å². The molecule has 72 valence electrons. The lowest BCUT2D eigenvalue weighted by atomic mass is 10.1. The Morgan fingerprint density at radius 2 is 2.00 bits per heavy atom. The number of nitrogens with zero attached hydrogens (tertiary/aromatic N) is 1. The Kier molecular flexibility index (Phi) is 2.33. The molecule has 0 saturated carbocycles. The molecule has 1 aromatic carbocycles. The van der Waals surface area contributed by atoms with Crippen molar-refractivity contribution in [1.29, 1.82) is 0 Å². The van der Waals surface area contributed by atoms with Gasteiger partial charge in [-0.05, 0) is 12.5 Å². The minimum atomic E-state index is 0.581. The highest BCUT2D eigenvalue weighted by atomic mass is 14.9. The van der Waals surface area contributed by atoms with Gasteiger partial charge in [-0.3, -0.25) is 0 Å². The predicted octanol–water partition coefficient (Wildman–Crippen LogP) is 1.84. The minimum Gasteiger partial charge on any atom is -0.342 e. The average molecular weight is 187 g/mol. The van der Waals surface area contributed by atoms with Gasteiger partial charge in [0.1, 0.15) is 5.82 Å². The van der Waals surface area contributed by atoms with Crippen molar-refractivity contribution >= 4 is 0 Å². The van der Waals surface area contributed by atoms with E-state index < -0.39 is 0 Å². The lowest BCUT2D eigenvalue weighted by molar-refractivity contribution is 1.07. The Hall–Kier alpha value is -1.61. The molecule has 3 N–H and O–H groups in total.